The molecule has 1 saturated heterocycles. The fourth-order valence-electron chi connectivity index (χ4n) is 2.26. The minimum Gasteiger partial charge on any atom is -0.456 e. The first kappa shape index (κ1) is 13.5. The summed E-state index contributed by atoms with van der Waals surface area (Å²) in [6.45, 7) is 0.597. The van der Waals surface area contributed by atoms with Crippen LogP contribution in [0.5, 0.6) is 0 Å². The lowest BCUT2D eigenvalue weighted by Gasteiger charge is -2.39. The third-order valence-corrected chi connectivity index (χ3v) is 6.81. The van der Waals surface area contributed by atoms with Gasteiger partial charge in [-0.2, -0.15) is 8.78 Å². The Labute approximate surface area is 108 Å². The summed E-state index contributed by atoms with van der Waals surface area (Å²) in [5.74, 6) is -2.73. The molecule has 2 nitrogen and oxygen atoms in total. The van der Waals surface area contributed by atoms with Gasteiger partial charge in [0.05, 0.1) is 4.08 Å². The number of halogens is 2. The molecule has 1 spiro atoms. The molecule has 1 aliphatic carbocycles. The lowest BCUT2D eigenvalue weighted by Crippen LogP contribution is -2.43. The topological polar surface area (TPSA) is 26.3 Å². The Kier molecular flexibility index (Phi) is 3.92. The average Bonchev–Trinajstić information content (AvgIpc) is 2.70. The van der Waals surface area contributed by atoms with E-state index in [1.807, 2.05) is 0 Å². The second-order valence-corrected chi connectivity index (χ2v) is 7.65. The van der Waals surface area contributed by atoms with Gasteiger partial charge < -0.3 is 4.74 Å². The van der Waals surface area contributed by atoms with Crippen molar-refractivity contribution < 1.29 is 18.3 Å². The highest BCUT2D eigenvalue weighted by Crippen LogP contribution is 2.54. The van der Waals surface area contributed by atoms with Crippen molar-refractivity contribution in [2.75, 3.05) is 11.5 Å². The SMILES string of the molecule is CC(F)(F)C(=O)OC1CCCCC12SCCS2. The minimum atomic E-state index is -3.38. The van der Waals surface area contributed by atoms with E-state index in [4.69, 9.17) is 4.74 Å². The van der Waals surface area contributed by atoms with E-state index in [0.717, 1.165) is 30.8 Å². The molecule has 17 heavy (non-hydrogen) atoms. The summed E-state index contributed by atoms with van der Waals surface area (Å²) in [6, 6.07) is 0. The van der Waals surface area contributed by atoms with E-state index in [9.17, 15) is 13.6 Å². The lowest BCUT2D eigenvalue weighted by molar-refractivity contribution is -0.176. The monoisotopic (exact) mass is 282 g/mol. The molecule has 1 aliphatic heterocycles. The Hall–Kier alpha value is 0.0300. The van der Waals surface area contributed by atoms with Crippen LogP contribution in [-0.2, 0) is 9.53 Å². The Morgan fingerprint density at radius 2 is 2.00 bits per heavy atom. The molecule has 1 saturated carbocycles. The van der Waals surface area contributed by atoms with Crippen LogP contribution in [0.25, 0.3) is 0 Å². The Morgan fingerprint density at radius 1 is 1.35 bits per heavy atom. The molecule has 1 heterocycles. The highest BCUT2D eigenvalue weighted by molar-refractivity contribution is 8.21. The van der Waals surface area contributed by atoms with E-state index in [1.165, 1.54) is 0 Å². The van der Waals surface area contributed by atoms with Gasteiger partial charge in [0.1, 0.15) is 6.10 Å². The zero-order chi connectivity index (χ0) is 12.5. The fraction of sp³-hybridized carbons (Fsp3) is 0.909. The second kappa shape index (κ2) is 4.96. The van der Waals surface area contributed by atoms with Crippen LogP contribution in [0.2, 0.25) is 0 Å². The van der Waals surface area contributed by atoms with Crippen molar-refractivity contribution in [2.45, 2.75) is 48.7 Å². The van der Waals surface area contributed by atoms with Crippen molar-refractivity contribution in [1.82, 2.24) is 0 Å². The third kappa shape index (κ3) is 2.89. The molecule has 0 aromatic heterocycles. The Balaban J connectivity index is 2.05. The molecular weight excluding hydrogens is 266 g/mol. The average molecular weight is 282 g/mol. The summed E-state index contributed by atoms with van der Waals surface area (Å²) < 4.78 is 30.6. The lowest BCUT2D eigenvalue weighted by atomic mass is 9.96. The standard InChI is InChI=1S/C11H16F2O2S2/c1-10(12,13)9(14)15-8-4-2-3-5-11(8)16-6-7-17-11/h8H,2-7H2,1H3. The van der Waals surface area contributed by atoms with E-state index < -0.39 is 11.9 Å². The molecule has 2 aliphatic rings. The van der Waals surface area contributed by atoms with Gasteiger partial charge in [0.2, 0.25) is 0 Å². The maximum atomic E-state index is 12.9. The van der Waals surface area contributed by atoms with Crippen LogP contribution < -0.4 is 0 Å². The van der Waals surface area contributed by atoms with Crippen LogP contribution in [0.15, 0.2) is 0 Å². The third-order valence-electron chi connectivity index (χ3n) is 3.12. The second-order valence-electron chi connectivity index (χ2n) is 4.54. The van der Waals surface area contributed by atoms with Gasteiger partial charge in [0, 0.05) is 18.4 Å². The highest BCUT2D eigenvalue weighted by Gasteiger charge is 2.48. The number of hydrogen-bond donors (Lipinski definition) is 0. The zero-order valence-electron chi connectivity index (χ0n) is 9.71. The van der Waals surface area contributed by atoms with Crippen molar-refractivity contribution in [3.63, 3.8) is 0 Å². The van der Waals surface area contributed by atoms with Crippen LogP contribution in [0.3, 0.4) is 0 Å². The number of esters is 1. The number of thioether (sulfide) groups is 2. The molecule has 0 radical (unpaired) electrons. The maximum Gasteiger partial charge on any atom is 0.377 e. The van der Waals surface area contributed by atoms with Crippen molar-refractivity contribution in [1.29, 1.82) is 0 Å². The van der Waals surface area contributed by atoms with Crippen LogP contribution in [0.4, 0.5) is 8.78 Å². The molecule has 1 atom stereocenters. The fourth-order valence-corrected chi connectivity index (χ4v) is 5.74. The van der Waals surface area contributed by atoms with E-state index >= 15 is 0 Å². The van der Waals surface area contributed by atoms with Crippen LogP contribution in [-0.4, -0.2) is 33.6 Å². The zero-order valence-corrected chi connectivity index (χ0v) is 11.3. The van der Waals surface area contributed by atoms with Crippen molar-refractivity contribution in [3.05, 3.63) is 0 Å². The largest absolute Gasteiger partial charge is 0.456 e. The van der Waals surface area contributed by atoms with Crippen molar-refractivity contribution in [3.8, 4) is 0 Å². The number of ether oxygens (including phenoxy) is 1. The van der Waals surface area contributed by atoms with Gasteiger partial charge in [-0.05, 0) is 19.3 Å². The molecule has 0 aromatic carbocycles. The first-order valence-electron chi connectivity index (χ1n) is 5.81. The van der Waals surface area contributed by atoms with E-state index in [0.29, 0.717) is 13.3 Å². The predicted octanol–water partition coefficient (Wildman–Crippen LogP) is 3.30. The van der Waals surface area contributed by atoms with Gasteiger partial charge in [-0.3, -0.25) is 0 Å². The molecule has 6 heteroatoms. The number of hydrogen-bond acceptors (Lipinski definition) is 4. The molecular formula is C11H16F2O2S2. The van der Waals surface area contributed by atoms with Gasteiger partial charge in [-0.25, -0.2) is 4.79 Å². The number of carbonyl (C=O) groups excluding carboxylic acids is 1. The van der Waals surface area contributed by atoms with E-state index in [-0.39, 0.29) is 10.2 Å². The quantitative estimate of drug-likeness (QED) is 0.726. The molecule has 0 amide bonds. The molecule has 0 aromatic rings. The number of rotatable bonds is 2. The maximum absolute atomic E-state index is 12.9. The summed E-state index contributed by atoms with van der Waals surface area (Å²) in [7, 11) is 0. The van der Waals surface area contributed by atoms with Crippen LogP contribution in [0.1, 0.15) is 32.6 Å². The summed E-state index contributed by atoms with van der Waals surface area (Å²) in [5, 5.41) is 0. The summed E-state index contributed by atoms with van der Waals surface area (Å²) in [4.78, 5) is 11.3. The van der Waals surface area contributed by atoms with E-state index in [1.54, 1.807) is 23.5 Å². The van der Waals surface area contributed by atoms with Crippen LogP contribution in [0, 0.1) is 0 Å². The highest BCUT2D eigenvalue weighted by atomic mass is 32.2. The predicted molar refractivity (Wildman–Crippen MR) is 66.6 cm³/mol. The van der Waals surface area contributed by atoms with Crippen molar-refractivity contribution >= 4 is 29.5 Å². The molecule has 2 rings (SSSR count). The first-order chi connectivity index (χ1) is 7.94. The van der Waals surface area contributed by atoms with E-state index in [2.05, 4.69) is 0 Å². The normalized spacial score (nSPS) is 28.3. The summed E-state index contributed by atoms with van der Waals surface area (Å²) in [5.41, 5.74) is 0. The molecule has 2 fully saturated rings. The first-order valence-corrected chi connectivity index (χ1v) is 7.78. The van der Waals surface area contributed by atoms with Gasteiger partial charge >= 0.3 is 11.9 Å². The summed E-state index contributed by atoms with van der Waals surface area (Å²) >= 11 is 3.53. The molecule has 0 bridgehead atoms. The molecule has 98 valence electrons. The van der Waals surface area contributed by atoms with Gasteiger partial charge in [0.15, 0.2) is 0 Å². The minimum absolute atomic E-state index is 0.154. The van der Waals surface area contributed by atoms with Gasteiger partial charge in [-0.15, -0.1) is 23.5 Å². The summed E-state index contributed by atoms with van der Waals surface area (Å²) in [6.07, 6.45) is 3.36. The Morgan fingerprint density at radius 3 is 2.59 bits per heavy atom. The van der Waals surface area contributed by atoms with Crippen molar-refractivity contribution in [2.24, 2.45) is 0 Å². The Bertz CT molecular complexity index is 298. The number of carbonyl (C=O) groups is 1. The van der Waals surface area contributed by atoms with Gasteiger partial charge in [0.25, 0.3) is 0 Å². The smallest absolute Gasteiger partial charge is 0.377 e. The molecule has 0 N–H and O–H groups in total. The van der Waals surface area contributed by atoms with Crippen LogP contribution >= 0.6 is 23.5 Å². The van der Waals surface area contributed by atoms with Gasteiger partial charge in [-0.1, -0.05) is 6.42 Å². The molecule has 1 unspecified atom stereocenters. The number of alkyl halides is 2.